The second-order valence-electron chi connectivity index (χ2n) is 6.98. The third kappa shape index (κ3) is 1.63. The summed E-state index contributed by atoms with van der Waals surface area (Å²) in [6.07, 6.45) is 10.1. The van der Waals surface area contributed by atoms with Crippen LogP contribution in [-0.4, -0.2) is 13.1 Å². The average molecular weight is 236 g/mol. The monoisotopic (exact) mass is 236 g/mol. The normalized spacial score (nSPS) is 47.2. The van der Waals surface area contributed by atoms with E-state index in [2.05, 4.69) is 6.92 Å². The molecule has 4 aliphatic carbocycles. The van der Waals surface area contributed by atoms with Crippen molar-refractivity contribution < 1.29 is 9.53 Å². The van der Waals surface area contributed by atoms with Crippen molar-refractivity contribution in [2.45, 2.75) is 58.3 Å². The molecule has 4 saturated carbocycles. The smallest absolute Gasteiger partial charge is 0.311 e. The highest BCUT2D eigenvalue weighted by Gasteiger charge is 2.60. The number of methoxy groups -OCH3 is 1. The SMILES string of the molecule is CCCC12CC3CC(C1)CC(C(=O)OC)(C3)C2. The second-order valence-corrected chi connectivity index (χ2v) is 6.98. The van der Waals surface area contributed by atoms with Crippen LogP contribution >= 0.6 is 0 Å². The van der Waals surface area contributed by atoms with Crippen LogP contribution in [0.1, 0.15) is 58.3 Å². The quantitative estimate of drug-likeness (QED) is 0.700. The average Bonchev–Trinajstić information content (AvgIpc) is 2.25. The Hall–Kier alpha value is -0.530. The molecule has 4 bridgehead atoms. The van der Waals surface area contributed by atoms with Crippen LogP contribution in [0.25, 0.3) is 0 Å². The largest absolute Gasteiger partial charge is 0.469 e. The molecule has 0 aliphatic heterocycles. The van der Waals surface area contributed by atoms with Gasteiger partial charge in [-0.1, -0.05) is 13.3 Å². The summed E-state index contributed by atoms with van der Waals surface area (Å²) in [7, 11) is 1.56. The fourth-order valence-corrected chi connectivity index (χ4v) is 5.73. The molecule has 2 atom stereocenters. The Bertz CT molecular complexity index is 320. The van der Waals surface area contributed by atoms with Gasteiger partial charge in [0.05, 0.1) is 12.5 Å². The first-order chi connectivity index (χ1) is 8.11. The van der Waals surface area contributed by atoms with Crippen LogP contribution in [-0.2, 0) is 9.53 Å². The highest BCUT2D eigenvalue weighted by atomic mass is 16.5. The zero-order valence-electron chi connectivity index (χ0n) is 11.1. The van der Waals surface area contributed by atoms with Crippen LogP contribution in [0.4, 0.5) is 0 Å². The zero-order chi connectivity index (χ0) is 12.1. The van der Waals surface area contributed by atoms with Crippen LogP contribution in [0.3, 0.4) is 0 Å². The molecule has 2 unspecified atom stereocenters. The predicted octanol–water partition coefficient (Wildman–Crippen LogP) is 3.55. The number of esters is 1. The molecule has 0 amide bonds. The van der Waals surface area contributed by atoms with Crippen molar-refractivity contribution in [3.63, 3.8) is 0 Å². The van der Waals surface area contributed by atoms with Crippen molar-refractivity contribution in [2.75, 3.05) is 7.11 Å². The van der Waals surface area contributed by atoms with Crippen molar-refractivity contribution in [2.24, 2.45) is 22.7 Å². The maximum absolute atomic E-state index is 12.2. The number of ether oxygens (including phenoxy) is 1. The summed E-state index contributed by atoms with van der Waals surface area (Å²) in [6.45, 7) is 2.28. The van der Waals surface area contributed by atoms with Gasteiger partial charge in [-0.3, -0.25) is 4.79 Å². The number of carbonyl (C=O) groups is 1. The molecule has 0 aromatic rings. The molecule has 0 N–H and O–H groups in total. The summed E-state index contributed by atoms with van der Waals surface area (Å²) < 4.78 is 5.12. The topological polar surface area (TPSA) is 26.3 Å². The lowest BCUT2D eigenvalue weighted by atomic mass is 9.43. The Morgan fingerprint density at radius 2 is 1.88 bits per heavy atom. The summed E-state index contributed by atoms with van der Waals surface area (Å²) in [4.78, 5) is 12.2. The number of carbonyl (C=O) groups excluding carboxylic acids is 1. The van der Waals surface area contributed by atoms with Crippen molar-refractivity contribution in [1.29, 1.82) is 0 Å². The number of rotatable bonds is 3. The zero-order valence-corrected chi connectivity index (χ0v) is 11.1. The first kappa shape index (κ1) is 11.6. The lowest BCUT2D eigenvalue weighted by molar-refractivity contribution is -0.178. The maximum Gasteiger partial charge on any atom is 0.311 e. The molecule has 0 spiro atoms. The summed E-state index contributed by atoms with van der Waals surface area (Å²) in [5, 5.41) is 0. The van der Waals surface area contributed by atoms with E-state index in [1.54, 1.807) is 7.11 Å². The molecule has 0 saturated heterocycles. The van der Waals surface area contributed by atoms with Crippen LogP contribution in [0.5, 0.6) is 0 Å². The molecule has 4 aliphatic rings. The third-order valence-corrected chi connectivity index (χ3v) is 5.58. The van der Waals surface area contributed by atoms with Crippen molar-refractivity contribution in [3.8, 4) is 0 Å². The van der Waals surface area contributed by atoms with Crippen LogP contribution in [0, 0.1) is 22.7 Å². The van der Waals surface area contributed by atoms with Crippen molar-refractivity contribution in [3.05, 3.63) is 0 Å². The molecular weight excluding hydrogens is 212 g/mol. The third-order valence-electron chi connectivity index (χ3n) is 5.58. The molecule has 4 fully saturated rings. The molecule has 17 heavy (non-hydrogen) atoms. The highest BCUT2D eigenvalue weighted by Crippen LogP contribution is 2.66. The van der Waals surface area contributed by atoms with E-state index in [4.69, 9.17) is 4.74 Å². The van der Waals surface area contributed by atoms with Gasteiger partial charge in [0.15, 0.2) is 0 Å². The fourth-order valence-electron chi connectivity index (χ4n) is 5.73. The Morgan fingerprint density at radius 3 is 2.41 bits per heavy atom. The van der Waals surface area contributed by atoms with E-state index < -0.39 is 0 Å². The summed E-state index contributed by atoms with van der Waals surface area (Å²) in [5.74, 6) is 1.70. The van der Waals surface area contributed by atoms with Crippen molar-refractivity contribution >= 4 is 5.97 Å². The van der Waals surface area contributed by atoms with Gasteiger partial charge in [-0.25, -0.2) is 0 Å². The van der Waals surface area contributed by atoms with Gasteiger partial charge in [0, 0.05) is 0 Å². The van der Waals surface area contributed by atoms with Gasteiger partial charge in [0.2, 0.25) is 0 Å². The van der Waals surface area contributed by atoms with Crippen LogP contribution < -0.4 is 0 Å². The first-order valence-corrected chi connectivity index (χ1v) is 7.20. The standard InChI is InChI=1S/C15H24O2/c1-3-4-14-6-11-5-12(7-14)9-15(8-11,10-14)13(16)17-2/h11-12H,3-10H2,1-2H3. The lowest BCUT2D eigenvalue weighted by Crippen LogP contribution is -2.55. The first-order valence-electron chi connectivity index (χ1n) is 7.20. The van der Waals surface area contributed by atoms with E-state index in [0.29, 0.717) is 5.41 Å². The fraction of sp³-hybridized carbons (Fsp3) is 0.933. The number of hydrogen-bond donors (Lipinski definition) is 0. The van der Waals surface area contributed by atoms with Gasteiger partial charge in [-0.2, -0.15) is 0 Å². The van der Waals surface area contributed by atoms with Crippen LogP contribution in [0.2, 0.25) is 0 Å². The molecule has 2 heteroatoms. The minimum Gasteiger partial charge on any atom is -0.469 e. The lowest BCUT2D eigenvalue weighted by Gasteiger charge is -2.61. The molecular formula is C15H24O2. The summed E-state index contributed by atoms with van der Waals surface area (Å²) in [5.41, 5.74) is 0.404. The highest BCUT2D eigenvalue weighted by molar-refractivity contribution is 5.77. The van der Waals surface area contributed by atoms with E-state index in [1.807, 2.05) is 0 Å². The minimum absolute atomic E-state index is 0.0893. The van der Waals surface area contributed by atoms with Gasteiger partial charge in [-0.15, -0.1) is 0 Å². The Morgan fingerprint density at radius 1 is 1.24 bits per heavy atom. The summed E-state index contributed by atoms with van der Waals surface area (Å²) in [6, 6.07) is 0. The van der Waals surface area contributed by atoms with Gasteiger partial charge in [-0.05, 0) is 62.2 Å². The molecule has 4 rings (SSSR count). The molecule has 0 heterocycles. The minimum atomic E-state index is -0.0893. The van der Waals surface area contributed by atoms with Gasteiger partial charge >= 0.3 is 5.97 Å². The second kappa shape index (κ2) is 3.73. The number of hydrogen-bond acceptors (Lipinski definition) is 2. The van der Waals surface area contributed by atoms with E-state index >= 15 is 0 Å². The molecule has 2 nitrogen and oxygen atoms in total. The Labute approximate surface area is 104 Å². The Balaban J connectivity index is 1.91. The van der Waals surface area contributed by atoms with Gasteiger partial charge < -0.3 is 4.74 Å². The maximum atomic E-state index is 12.2. The van der Waals surface area contributed by atoms with E-state index in [-0.39, 0.29) is 11.4 Å². The van der Waals surface area contributed by atoms with Crippen LogP contribution in [0.15, 0.2) is 0 Å². The van der Waals surface area contributed by atoms with E-state index in [9.17, 15) is 4.79 Å². The molecule has 0 radical (unpaired) electrons. The van der Waals surface area contributed by atoms with Gasteiger partial charge in [0.25, 0.3) is 0 Å². The Kier molecular flexibility index (Phi) is 2.53. The van der Waals surface area contributed by atoms with Crippen molar-refractivity contribution in [1.82, 2.24) is 0 Å². The summed E-state index contributed by atoms with van der Waals surface area (Å²) >= 11 is 0. The predicted molar refractivity (Wildman–Crippen MR) is 66.5 cm³/mol. The van der Waals surface area contributed by atoms with E-state index in [1.165, 1.54) is 32.1 Å². The molecule has 0 aromatic carbocycles. The van der Waals surface area contributed by atoms with Gasteiger partial charge in [0.1, 0.15) is 0 Å². The van der Waals surface area contributed by atoms with E-state index in [0.717, 1.165) is 31.1 Å². The molecule has 96 valence electrons. The molecule has 0 aromatic heterocycles.